The fraction of sp³-hybridized carbons (Fsp3) is 0.471. The van der Waals surface area contributed by atoms with Crippen molar-refractivity contribution in [2.75, 3.05) is 18.0 Å². The Labute approximate surface area is 131 Å². The molecule has 0 unspecified atom stereocenters. The van der Waals surface area contributed by atoms with Crippen LogP contribution in [0.4, 0.5) is 17.3 Å². The molecule has 1 fully saturated rings. The molecule has 22 heavy (non-hydrogen) atoms. The Bertz CT molecular complexity index is 663. The molecule has 0 atom stereocenters. The van der Waals surface area contributed by atoms with Gasteiger partial charge in [-0.15, -0.1) is 0 Å². The molecule has 2 heterocycles. The number of azo groups is 1. The lowest BCUT2D eigenvalue weighted by atomic mass is 10.1. The van der Waals surface area contributed by atoms with Crippen LogP contribution in [-0.4, -0.2) is 17.7 Å². The summed E-state index contributed by atoms with van der Waals surface area (Å²) in [4.78, 5) is 2.45. The largest absolute Gasteiger partial charge is 0.421 e. The van der Waals surface area contributed by atoms with Gasteiger partial charge in [0.1, 0.15) is 11.4 Å². The minimum atomic E-state index is 0.845. The van der Waals surface area contributed by atoms with E-state index in [1.807, 2.05) is 41.6 Å². The average molecular weight is 298 g/mol. The summed E-state index contributed by atoms with van der Waals surface area (Å²) in [6.07, 6.45) is 6.00. The molecule has 1 aromatic heterocycles. The maximum absolute atomic E-state index is 4.38. The van der Waals surface area contributed by atoms with E-state index in [0.29, 0.717) is 0 Å². The van der Waals surface area contributed by atoms with Gasteiger partial charge in [-0.05, 0) is 50.5 Å². The topological polar surface area (TPSA) is 36.8 Å². The average Bonchev–Trinajstić information content (AvgIpc) is 2.79. The molecule has 1 aromatic carbocycles. The van der Waals surface area contributed by atoms with Crippen LogP contribution in [0.3, 0.4) is 0 Å². The van der Waals surface area contributed by atoms with Gasteiger partial charge in [0.2, 0.25) is 0 Å². The molecule has 1 saturated heterocycles. The maximum atomic E-state index is 4.38. The monoisotopic (exact) mass is 298 g/mol. The summed E-state index contributed by atoms with van der Waals surface area (Å²) < 4.78 is 4.02. The van der Waals surface area contributed by atoms with Crippen LogP contribution in [0.5, 0.6) is 0 Å². The first kappa shape index (κ1) is 14.8. The Balaban J connectivity index is 1.74. The van der Waals surface area contributed by atoms with E-state index >= 15 is 0 Å². The van der Waals surface area contributed by atoms with Gasteiger partial charge in [0, 0.05) is 23.9 Å². The van der Waals surface area contributed by atoms with E-state index in [1.54, 1.807) is 0 Å². The fourth-order valence-corrected chi connectivity index (χ4v) is 2.94. The smallest absolute Gasteiger partial charge is 0.372 e. The Morgan fingerprint density at radius 1 is 1.00 bits per heavy atom. The van der Waals surface area contributed by atoms with E-state index < -0.39 is 0 Å². The molecule has 0 amide bonds. The number of nitrogens with zero attached hydrogens (tertiary/aromatic N) is 5. The minimum absolute atomic E-state index is 0.845. The predicted molar refractivity (Wildman–Crippen MR) is 88.0 cm³/mol. The highest BCUT2D eigenvalue weighted by atomic mass is 15.3. The number of benzene rings is 1. The lowest BCUT2D eigenvalue weighted by molar-refractivity contribution is -0.657. The third-order valence-corrected chi connectivity index (χ3v) is 4.35. The van der Waals surface area contributed by atoms with Crippen LogP contribution in [-0.2, 0) is 14.1 Å². The van der Waals surface area contributed by atoms with Gasteiger partial charge in [-0.25, -0.2) is 9.13 Å². The molecule has 0 bridgehead atoms. The second-order valence-electron chi connectivity index (χ2n) is 6.00. The van der Waals surface area contributed by atoms with Crippen LogP contribution < -0.4 is 9.47 Å². The van der Waals surface area contributed by atoms with Crippen molar-refractivity contribution in [1.29, 1.82) is 0 Å². The summed E-state index contributed by atoms with van der Waals surface area (Å²) in [5, 5.41) is 8.74. The third kappa shape index (κ3) is 3.03. The summed E-state index contributed by atoms with van der Waals surface area (Å²) in [7, 11) is 3.99. The zero-order valence-corrected chi connectivity index (χ0v) is 13.7. The van der Waals surface area contributed by atoms with Crippen molar-refractivity contribution in [3.05, 3.63) is 36.2 Å². The number of anilines is 1. The van der Waals surface area contributed by atoms with Crippen LogP contribution in [0, 0.1) is 6.92 Å². The summed E-state index contributed by atoms with van der Waals surface area (Å²) >= 11 is 0. The number of imidazole rings is 1. The fourth-order valence-electron chi connectivity index (χ4n) is 2.94. The molecule has 1 aliphatic heterocycles. The van der Waals surface area contributed by atoms with Gasteiger partial charge in [0.25, 0.3) is 0 Å². The number of aryl methyl sites for hydroxylation is 2. The van der Waals surface area contributed by atoms with Crippen molar-refractivity contribution in [3.63, 3.8) is 0 Å². The van der Waals surface area contributed by atoms with E-state index in [1.165, 1.54) is 38.0 Å². The second-order valence-corrected chi connectivity index (χ2v) is 6.00. The highest BCUT2D eigenvalue weighted by Crippen LogP contribution is 2.24. The Kier molecular flexibility index (Phi) is 4.22. The first-order valence-electron chi connectivity index (χ1n) is 7.94. The van der Waals surface area contributed by atoms with Gasteiger partial charge >= 0.3 is 5.95 Å². The van der Waals surface area contributed by atoms with Crippen molar-refractivity contribution in [2.45, 2.75) is 26.2 Å². The highest BCUT2D eigenvalue weighted by molar-refractivity contribution is 5.52. The summed E-state index contributed by atoms with van der Waals surface area (Å²) in [5.74, 6) is 0.845. The number of hydrogen-bond donors (Lipinski definition) is 0. The molecule has 3 rings (SSSR count). The zero-order chi connectivity index (χ0) is 15.5. The van der Waals surface area contributed by atoms with Crippen molar-refractivity contribution in [2.24, 2.45) is 24.3 Å². The summed E-state index contributed by atoms with van der Waals surface area (Å²) in [5.41, 5.74) is 3.34. The summed E-state index contributed by atoms with van der Waals surface area (Å²) in [6, 6.07) is 8.39. The van der Waals surface area contributed by atoms with E-state index in [0.717, 1.165) is 17.3 Å². The Morgan fingerprint density at radius 3 is 2.27 bits per heavy atom. The molecule has 5 nitrogen and oxygen atoms in total. The second kappa shape index (κ2) is 6.30. The van der Waals surface area contributed by atoms with Crippen molar-refractivity contribution in [3.8, 4) is 0 Å². The normalized spacial score (nSPS) is 15.7. The van der Waals surface area contributed by atoms with Crippen LogP contribution >= 0.6 is 0 Å². The standard InChI is InChI=1S/C17H24N5/c1-14-13-20(2)17(21(14)3)19-18-15-7-9-16(10-8-15)22-11-5-4-6-12-22/h7-10,13H,4-6,11-12H2,1-3H3/q+1. The molecule has 2 aromatic rings. The third-order valence-electron chi connectivity index (χ3n) is 4.35. The van der Waals surface area contributed by atoms with E-state index in [9.17, 15) is 0 Å². The maximum Gasteiger partial charge on any atom is 0.421 e. The van der Waals surface area contributed by atoms with Crippen molar-refractivity contribution >= 4 is 17.3 Å². The van der Waals surface area contributed by atoms with E-state index in [-0.39, 0.29) is 0 Å². The van der Waals surface area contributed by atoms with E-state index in [4.69, 9.17) is 0 Å². The molecular formula is C17H24N5+. The molecule has 0 spiro atoms. The van der Waals surface area contributed by atoms with Gasteiger partial charge < -0.3 is 4.90 Å². The first-order chi connectivity index (χ1) is 10.6. The first-order valence-corrected chi connectivity index (χ1v) is 7.94. The van der Waals surface area contributed by atoms with Gasteiger partial charge in [-0.1, -0.05) is 5.11 Å². The van der Waals surface area contributed by atoms with E-state index in [2.05, 4.69) is 34.2 Å². The molecular weight excluding hydrogens is 274 g/mol. The Hall–Kier alpha value is -2.17. The van der Waals surface area contributed by atoms with Gasteiger partial charge in [-0.2, -0.15) is 0 Å². The molecule has 116 valence electrons. The van der Waals surface area contributed by atoms with Crippen molar-refractivity contribution in [1.82, 2.24) is 4.57 Å². The van der Waals surface area contributed by atoms with Crippen LogP contribution in [0.1, 0.15) is 25.0 Å². The van der Waals surface area contributed by atoms with Crippen molar-refractivity contribution < 1.29 is 4.57 Å². The lowest BCUT2D eigenvalue weighted by Crippen LogP contribution is -2.29. The number of rotatable bonds is 3. The predicted octanol–water partition coefficient (Wildman–Crippen LogP) is 3.56. The Morgan fingerprint density at radius 2 is 1.68 bits per heavy atom. The molecule has 1 aliphatic rings. The number of aromatic nitrogens is 2. The number of hydrogen-bond acceptors (Lipinski definition) is 3. The lowest BCUT2D eigenvalue weighted by Gasteiger charge is -2.28. The van der Waals surface area contributed by atoms with Gasteiger partial charge in [0.15, 0.2) is 0 Å². The van der Waals surface area contributed by atoms with Gasteiger partial charge in [0.05, 0.1) is 20.3 Å². The van der Waals surface area contributed by atoms with Crippen LogP contribution in [0.25, 0.3) is 0 Å². The van der Waals surface area contributed by atoms with Crippen LogP contribution in [0.15, 0.2) is 40.7 Å². The van der Waals surface area contributed by atoms with Gasteiger partial charge in [-0.3, -0.25) is 0 Å². The SMILES string of the molecule is Cc1c[n+](C)c(N=Nc2ccc(N3CCCCC3)cc2)n1C. The van der Waals surface area contributed by atoms with Crippen LogP contribution in [0.2, 0.25) is 0 Å². The minimum Gasteiger partial charge on any atom is -0.372 e. The molecule has 5 heteroatoms. The number of piperidine rings is 1. The molecule has 0 N–H and O–H groups in total. The summed E-state index contributed by atoms with van der Waals surface area (Å²) in [6.45, 7) is 4.39. The quantitative estimate of drug-likeness (QED) is 0.630. The molecule has 0 radical (unpaired) electrons. The highest BCUT2D eigenvalue weighted by Gasteiger charge is 2.15. The molecule has 0 saturated carbocycles. The zero-order valence-electron chi connectivity index (χ0n) is 13.7. The molecule has 0 aliphatic carbocycles.